The lowest BCUT2D eigenvalue weighted by Crippen LogP contribution is -2.33. The molecule has 0 aliphatic heterocycles. The molecule has 16 heavy (non-hydrogen) atoms. The van der Waals surface area contributed by atoms with Crippen molar-refractivity contribution in [1.29, 1.82) is 0 Å². The van der Waals surface area contributed by atoms with Gasteiger partial charge in [0.1, 0.15) is 11.9 Å². The Labute approximate surface area is 90.3 Å². The van der Waals surface area contributed by atoms with Gasteiger partial charge in [-0.2, -0.15) is 0 Å². The number of aliphatic hydroxyl groups is 2. The summed E-state index contributed by atoms with van der Waals surface area (Å²) >= 11 is 0. The zero-order valence-corrected chi connectivity index (χ0v) is 8.13. The van der Waals surface area contributed by atoms with Gasteiger partial charge in [-0.05, 0) is 17.7 Å². The molecule has 0 radical (unpaired) electrons. The number of hydrogen-bond donors (Lipinski definition) is 3. The molecule has 0 aliphatic carbocycles. The van der Waals surface area contributed by atoms with E-state index in [-0.39, 0.29) is 11.1 Å². The highest BCUT2D eigenvalue weighted by atomic mass is 19.1. The molecular weight excluding hydrogens is 217 g/mol. The number of primary amides is 1. The molecule has 0 bridgehead atoms. The van der Waals surface area contributed by atoms with Crippen LogP contribution in [0, 0.1) is 5.82 Å². The molecule has 1 aromatic carbocycles. The quantitative estimate of drug-likeness (QED) is 0.604. The zero-order valence-electron chi connectivity index (χ0n) is 8.13. The number of amides is 1. The SMILES string of the molecule is NC(=O)C(O)C(O)c1ccc(C=O)c(F)c1. The maximum Gasteiger partial charge on any atom is 0.249 e. The summed E-state index contributed by atoms with van der Waals surface area (Å²) in [5.41, 5.74) is 4.56. The van der Waals surface area contributed by atoms with E-state index in [1.54, 1.807) is 0 Å². The van der Waals surface area contributed by atoms with Crippen molar-refractivity contribution in [3.8, 4) is 0 Å². The summed E-state index contributed by atoms with van der Waals surface area (Å²) in [7, 11) is 0. The Balaban J connectivity index is 3.01. The highest BCUT2D eigenvalue weighted by molar-refractivity contribution is 5.79. The lowest BCUT2D eigenvalue weighted by Gasteiger charge is -2.15. The van der Waals surface area contributed by atoms with Crippen molar-refractivity contribution in [3.05, 3.63) is 35.1 Å². The smallest absolute Gasteiger partial charge is 0.249 e. The van der Waals surface area contributed by atoms with Gasteiger partial charge in [0, 0.05) is 0 Å². The van der Waals surface area contributed by atoms with Crippen molar-refractivity contribution < 1.29 is 24.2 Å². The predicted molar refractivity (Wildman–Crippen MR) is 51.9 cm³/mol. The van der Waals surface area contributed by atoms with Crippen LogP contribution >= 0.6 is 0 Å². The molecule has 2 atom stereocenters. The van der Waals surface area contributed by atoms with Gasteiger partial charge in [-0.1, -0.05) is 6.07 Å². The number of halogens is 1. The number of rotatable bonds is 4. The molecule has 86 valence electrons. The summed E-state index contributed by atoms with van der Waals surface area (Å²) in [5, 5.41) is 18.6. The highest BCUT2D eigenvalue weighted by Gasteiger charge is 2.23. The monoisotopic (exact) mass is 227 g/mol. The van der Waals surface area contributed by atoms with E-state index in [1.165, 1.54) is 6.07 Å². The number of hydrogen-bond acceptors (Lipinski definition) is 4. The first kappa shape index (κ1) is 12.3. The van der Waals surface area contributed by atoms with Crippen molar-refractivity contribution in [2.45, 2.75) is 12.2 Å². The Morgan fingerprint density at radius 2 is 2.06 bits per heavy atom. The molecule has 0 heterocycles. The van der Waals surface area contributed by atoms with E-state index in [9.17, 15) is 19.1 Å². The Bertz CT molecular complexity index is 421. The second-order valence-corrected chi connectivity index (χ2v) is 3.19. The Hall–Kier alpha value is -1.79. The number of aliphatic hydroxyl groups excluding tert-OH is 2. The molecule has 0 saturated heterocycles. The fraction of sp³-hybridized carbons (Fsp3) is 0.200. The van der Waals surface area contributed by atoms with Crippen LogP contribution in [0.2, 0.25) is 0 Å². The molecule has 1 amide bonds. The van der Waals surface area contributed by atoms with Gasteiger partial charge < -0.3 is 15.9 Å². The third-order valence-electron chi connectivity index (χ3n) is 2.08. The molecule has 0 fully saturated rings. The van der Waals surface area contributed by atoms with E-state index in [1.807, 2.05) is 0 Å². The van der Waals surface area contributed by atoms with E-state index in [2.05, 4.69) is 0 Å². The number of nitrogens with two attached hydrogens (primary N) is 1. The fourth-order valence-corrected chi connectivity index (χ4v) is 1.16. The minimum atomic E-state index is -1.82. The number of aldehydes is 1. The Kier molecular flexibility index (Phi) is 3.70. The van der Waals surface area contributed by atoms with E-state index < -0.39 is 23.9 Å². The van der Waals surface area contributed by atoms with E-state index in [0.717, 1.165) is 12.1 Å². The van der Waals surface area contributed by atoms with Gasteiger partial charge in [0.2, 0.25) is 5.91 Å². The summed E-state index contributed by atoms with van der Waals surface area (Å²) in [6.07, 6.45) is -3.12. The van der Waals surface area contributed by atoms with Crippen molar-refractivity contribution >= 4 is 12.2 Å². The largest absolute Gasteiger partial charge is 0.385 e. The number of carbonyl (C=O) groups is 2. The van der Waals surface area contributed by atoms with Crippen LogP contribution in [0.15, 0.2) is 18.2 Å². The zero-order chi connectivity index (χ0) is 12.3. The molecule has 4 N–H and O–H groups in total. The van der Waals surface area contributed by atoms with Crippen molar-refractivity contribution in [2.75, 3.05) is 0 Å². The molecule has 2 unspecified atom stereocenters. The first-order chi connectivity index (χ1) is 7.47. The van der Waals surface area contributed by atoms with Gasteiger partial charge in [0.25, 0.3) is 0 Å². The van der Waals surface area contributed by atoms with Gasteiger partial charge >= 0.3 is 0 Å². The van der Waals surface area contributed by atoms with Crippen LogP contribution in [0.3, 0.4) is 0 Å². The molecular formula is C10H10FNO4. The second-order valence-electron chi connectivity index (χ2n) is 3.19. The highest BCUT2D eigenvalue weighted by Crippen LogP contribution is 2.19. The fourth-order valence-electron chi connectivity index (χ4n) is 1.16. The Morgan fingerprint density at radius 1 is 1.44 bits per heavy atom. The van der Waals surface area contributed by atoms with Crippen molar-refractivity contribution in [3.63, 3.8) is 0 Å². The number of carbonyl (C=O) groups excluding carboxylic acids is 2. The van der Waals surface area contributed by atoms with E-state index >= 15 is 0 Å². The van der Waals surface area contributed by atoms with E-state index in [4.69, 9.17) is 10.8 Å². The minimum absolute atomic E-state index is 0.0330. The summed E-state index contributed by atoms with van der Waals surface area (Å²) in [6.45, 7) is 0. The van der Waals surface area contributed by atoms with E-state index in [0.29, 0.717) is 6.29 Å². The van der Waals surface area contributed by atoms with Crippen molar-refractivity contribution in [2.24, 2.45) is 5.73 Å². The molecule has 0 saturated carbocycles. The van der Waals surface area contributed by atoms with Gasteiger partial charge in [0.05, 0.1) is 5.56 Å². The van der Waals surface area contributed by atoms with Gasteiger partial charge in [0.15, 0.2) is 12.4 Å². The molecule has 6 heteroatoms. The molecule has 0 aromatic heterocycles. The maximum atomic E-state index is 13.1. The van der Waals surface area contributed by atoms with Gasteiger partial charge in [-0.3, -0.25) is 9.59 Å². The minimum Gasteiger partial charge on any atom is -0.385 e. The van der Waals surface area contributed by atoms with Gasteiger partial charge in [-0.25, -0.2) is 4.39 Å². The molecule has 5 nitrogen and oxygen atoms in total. The van der Waals surface area contributed by atoms with Crippen LogP contribution in [0.1, 0.15) is 22.0 Å². The molecule has 0 spiro atoms. The lowest BCUT2D eigenvalue weighted by atomic mass is 10.0. The maximum absolute atomic E-state index is 13.1. The topological polar surface area (TPSA) is 101 Å². The first-order valence-electron chi connectivity index (χ1n) is 4.37. The number of benzene rings is 1. The Morgan fingerprint density at radius 3 is 2.50 bits per heavy atom. The average molecular weight is 227 g/mol. The van der Waals surface area contributed by atoms with Gasteiger partial charge in [-0.15, -0.1) is 0 Å². The molecule has 1 aromatic rings. The third kappa shape index (κ3) is 2.41. The summed E-state index contributed by atoms with van der Waals surface area (Å²) in [6, 6.07) is 3.22. The lowest BCUT2D eigenvalue weighted by molar-refractivity contribution is -0.131. The summed E-state index contributed by atoms with van der Waals surface area (Å²) in [4.78, 5) is 20.9. The van der Waals surface area contributed by atoms with Crippen LogP contribution in [-0.2, 0) is 4.79 Å². The van der Waals surface area contributed by atoms with Crippen LogP contribution in [-0.4, -0.2) is 28.5 Å². The summed E-state index contributed by atoms with van der Waals surface area (Å²) < 4.78 is 13.1. The summed E-state index contributed by atoms with van der Waals surface area (Å²) in [5.74, 6) is -1.96. The average Bonchev–Trinajstić information content (AvgIpc) is 2.26. The van der Waals surface area contributed by atoms with Crippen LogP contribution in [0.5, 0.6) is 0 Å². The van der Waals surface area contributed by atoms with Crippen molar-refractivity contribution in [1.82, 2.24) is 0 Å². The predicted octanol–water partition coefficient (Wildman–Crippen LogP) is -0.482. The standard InChI is InChI=1S/C10H10FNO4/c11-7-3-5(1-2-6(7)4-13)8(14)9(15)10(12)16/h1-4,8-9,14-15H,(H2,12,16). The second kappa shape index (κ2) is 4.82. The van der Waals surface area contributed by atoms with Crippen LogP contribution < -0.4 is 5.73 Å². The normalized spacial score (nSPS) is 14.2. The molecule has 1 rings (SSSR count). The van der Waals surface area contributed by atoms with Crippen LogP contribution in [0.4, 0.5) is 4.39 Å². The third-order valence-corrected chi connectivity index (χ3v) is 2.08. The first-order valence-corrected chi connectivity index (χ1v) is 4.37. The van der Waals surface area contributed by atoms with Crippen LogP contribution in [0.25, 0.3) is 0 Å². The molecule has 0 aliphatic rings.